The van der Waals surface area contributed by atoms with Gasteiger partial charge in [-0.3, -0.25) is 0 Å². The molecule has 0 spiro atoms. The van der Waals surface area contributed by atoms with E-state index in [9.17, 15) is 0 Å². The highest BCUT2D eigenvalue weighted by Gasteiger charge is 2.39. The van der Waals surface area contributed by atoms with Crippen molar-refractivity contribution in [3.05, 3.63) is 142 Å². The van der Waals surface area contributed by atoms with Gasteiger partial charge < -0.3 is 10.6 Å². The summed E-state index contributed by atoms with van der Waals surface area (Å²) >= 11 is 0. The van der Waals surface area contributed by atoms with Crippen LogP contribution in [0.4, 0.5) is 0 Å². The van der Waals surface area contributed by atoms with E-state index in [4.69, 9.17) is 9.98 Å². The maximum atomic E-state index is 5.55. The highest BCUT2D eigenvalue weighted by Crippen LogP contribution is 2.44. The second-order valence-electron chi connectivity index (χ2n) is 17.1. The first-order chi connectivity index (χ1) is 26.8. The van der Waals surface area contributed by atoms with Gasteiger partial charge in [0, 0.05) is 29.1 Å². The number of rotatable bonds is 8. The molecule has 0 radical (unpaired) electrons. The van der Waals surface area contributed by atoms with Gasteiger partial charge in [-0.05, 0) is 161 Å². The lowest BCUT2D eigenvalue weighted by Crippen LogP contribution is -2.48. The summed E-state index contributed by atoms with van der Waals surface area (Å²) in [6.45, 7) is 0. The minimum atomic E-state index is 0.00433. The molecular formula is C50H60N4. The number of nitrogens with one attached hydrogen (secondary N) is 2. The zero-order valence-corrected chi connectivity index (χ0v) is 32.3. The van der Waals surface area contributed by atoms with Crippen molar-refractivity contribution in [3.8, 4) is 0 Å². The predicted octanol–water partition coefficient (Wildman–Crippen LogP) is 11.7. The summed E-state index contributed by atoms with van der Waals surface area (Å²) in [7, 11) is 0. The first-order valence-corrected chi connectivity index (χ1v) is 21.7. The Morgan fingerprint density at radius 3 is 2.37 bits per heavy atom. The van der Waals surface area contributed by atoms with E-state index in [1.807, 2.05) is 0 Å². The quantitative estimate of drug-likeness (QED) is 0.246. The van der Waals surface area contributed by atoms with E-state index in [-0.39, 0.29) is 6.17 Å². The lowest BCUT2D eigenvalue weighted by Gasteiger charge is -2.44. The van der Waals surface area contributed by atoms with Crippen molar-refractivity contribution in [2.24, 2.45) is 39.6 Å². The summed E-state index contributed by atoms with van der Waals surface area (Å²) in [5, 5.41) is 8.12. The van der Waals surface area contributed by atoms with Gasteiger partial charge in [0.05, 0.1) is 0 Å². The predicted molar refractivity (Wildman–Crippen MR) is 227 cm³/mol. The summed E-state index contributed by atoms with van der Waals surface area (Å²) in [6, 6.07) is 0.459. The van der Waals surface area contributed by atoms with E-state index in [1.54, 1.807) is 5.57 Å². The van der Waals surface area contributed by atoms with Crippen LogP contribution in [0.5, 0.6) is 0 Å². The average Bonchev–Trinajstić information content (AvgIpc) is 3.27. The minimum absolute atomic E-state index is 0.00433. The Balaban J connectivity index is 1.14. The molecule has 0 saturated heterocycles. The Hall–Kier alpha value is -4.18. The monoisotopic (exact) mass is 716 g/mol. The summed E-state index contributed by atoms with van der Waals surface area (Å²) < 4.78 is 0. The van der Waals surface area contributed by atoms with Gasteiger partial charge in [0.25, 0.3) is 0 Å². The Kier molecular flexibility index (Phi) is 11.0. The van der Waals surface area contributed by atoms with Crippen LogP contribution in [0.3, 0.4) is 0 Å². The first-order valence-electron chi connectivity index (χ1n) is 21.7. The van der Waals surface area contributed by atoms with Crippen molar-refractivity contribution < 1.29 is 0 Å². The normalized spacial score (nSPS) is 33.8. The van der Waals surface area contributed by atoms with Crippen LogP contribution in [0, 0.1) is 29.6 Å². The first kappa shape index (κ1) is 35.5. The molecule has 54 heavy (non-hydrogen) atoms. The average molecular weight is 717 g/mol. The Bertz CT molecular complexity index is 1890. The van der Waals surface area contributed by atoms with E-state index in [1.165, 1.54) is 91.3 Å². The zero-order valence-electron chi connectivity index (χ0n) is 32.3. The second-order valence-corrected chi connectivity index (χ2v) is 17.1. The van der Waals surface area contributed by atoms with E-state index in [0.29, 0.717) is 35.6 Å². The molecule has 7 unspecified atom stereocenters. The summed E-state index contributed by atoms with van der Waals surface area (Å²) in [5.41, 5.74) is 9.91. The molecule has 2 aliphatic heterocycles. The molecule has 0 aromatic rings. The number of aliphatic imine (C=N–C) groups is 2. The number of hydrogen-bond acceptors (Lipinski definition) is 4. The topological polar surface area (TPSA) is 48.8 Å². The number of amidine groups is 2. The van der Waals surface area contributed by atoms with Gasteiger partial charge in [-0.2, -0.15) is 0 Å². The summed E-state index contributed by atoms with van der Waals surface area (Å²) in [5.74, 6) is 4.44. The van der Waals surface area contributed by atoms with Crippen LogP contribution in [-0.2, 0) is 0 Å². The molecule has 0 aromatic heterocycles. The molecule has 0 bridgehead atoms. The molecule has 7 atom stereocenters. The van der Waals surface area contributed by atoms with Gasteiger partial charge in [0.15, 0.2) is 5.84 Å². The van der Waals surface area contributed by atoms with Gasteiger partial charge in [-0.25, -0.2) is 9.98 Å². The minimum Gasteiger partial charge on any atom is -0.385 e. The molecule has 280 valence electrons. The van der Waals surface area contributed by atoms with Gasteiger partial charge in [0.1, 0.15) is 12.0 Å². The Morgan fingerprint density at radius 2 is 1.57 bits per heavy atom. The van der Waals surface area contributed by atoms with Crippen molar-refractivity contribution in [1.82, 2.24) is 10.6 Å². The third kappa shape index (κ3) is 7.81. The van der Waals surface area contributed by atoms with Crippen molar-refractivity contribution in [1.29, 1.82) is 0 Å². The van der Waals surface area contributed by atoms with Crippen molar-refractivity contribution in [2.75, 3.05) is 0 Å². The van der Waals surface area contributed by atoms with Crippen molar-refractivity contribution >= 4 is 11.7 Å². The molecule has 4 heteroatoms. The summed E-state index contributed by atoms with van der Waals surface area (Å²) in [4.78, 5) is 11.0. The lowest BCUT2D eigenvalue weighted by atomic mass is 9.68. The molecule has 0 aromatic carbocycles. The summed E-state index contributed by atoms with van der Waals surface area (Å²) in [6.07, 6.45) is 60.9. The maximum absolute atomic E-state index is 5.55. The molecule has 9 rings (SSSR count). The highest BCUT2D eigenvalue weighted by molar-refractivity contribution is 6.14. The number of hydrogen-bond donors (Lipinski definition) is 2. The van der Waals surface area contributed by atoms with Crippen LogP contribution in [-0.4, -0.2) is 23.9 Å². The van der Waals surface area contributed by atoms with Crippen LogP contribution in [0.15, 0.2) is 152 Å². The van der Waals surface area contributed by atoms with E-state index in [0.717, 1.165) is 63.0 Å². The Morgan fingerprint density at radius 1 is 0.667 bits per heavy atom. The van der Waals surface area contributed by atoms with E-state index >= 15 is 0 Å². The molecule has 7 aliphatic carbocycles. The molecule has 0 fully saturated rings. The third-order valence-electron chi connectivity index (χ3n) is 13.5. The second kappa shape index (κ2) is 16.7. The van der Waals surface area contributed by atoms with Crippen LogP contribution < -0.4 is 10.6 Å². The number of allylic oxidation sites excluding steroid dienone is 19. The van der Waals surface area contributed by atoms with Crippen LogP contribution in [0.1, 0.15) is 109 Å². The van der Waals surface area contributed by atoms with Crippen molar-refractivity contribution in [3.63, 3.8) is 0 Å². The smallest absolute Gasteiger partial charge is 0.155 e. The van der Waals surface area contributed by atoms with E-state index < -0.39 is 0 Å². The van der Waals surface area contributed by atoms with Gasteiger partial charge in [-0.15, -0.1) is 0 Å². The molecule has 2 N–H and O–H groups in total. The Labute approximate surface area is 324 Å². The molecule has 4 nitrogen and oxygen atoms in total. The number of nitrogens with zero attached hydrogens (tertiary/aromatic N) is 2. The van der Waals surface area contributed by atoms with Gasteiger partial charge in [-0.1, -0.05) is 97.2 Å². The fourth-order valence-electron chi connectivity index (χ4n) is 10.6. The van der Waals surface area contributed by atoms with Crippen LogP contribution >= 0.6 is 0 Å². The standard InChI is InChI=1S/C50H60N4/c1-6-18-35(19-7-1)43-28-16-17-29-44(43)40-32-41(45-30-31-46(36-20-8-2-9-21-36)51-47(45)37-22-10-3-11-23-37)34-42(33-40)50-53-48(38-24-12-4-13-25-38)52-49(54-50)39-26-14-5-15-27-39/h1,3,6,8,10,12,14,17-18,20,24-26,29,31-33,36-37,39,41,45,47,49,51H,2,4-5,7,9,11,13,15-16,19,21-23,27-28,30,34H2,(H,52,53,54). The van der Waals surface area contributed by atoms with Gasteiger partial charge in [0.2, 0.25) is 0 Å². The van der Waals surface area contributed by atoms with Crippen LogP contribution in [0.2, 0.25) is 0 Å². The van der Waals surface area contributed by atoms with Crippen molar-refractivity contribution in [2.45, 2.75) is 121 Å². The zero-order chi connectivity index (χ0) is 36.1. The van der Waals surface area contributed by atoms with Crippen LogP contribution in [0.25, 0.3) is 0 Å². The molecule has 0 amide bonds. The molecule has 2 heterocycles. The molecule has 9 aliphatic rings. The third-order valence-corrected chi connectivity index (χ3v) is 13.5. The highest BCUT2D eigenvalue weighted by atomic mass is 15.2. The molecule has 0 saturated carbocycles. The SMILES string of the molecule is C1=CCCC(C2=C(C3=CC(C4CC=C(C5C=CCCC5)NC4C4CC=CCC4)CC(C4=NC(C5C=CCCC5)NC(C5=CCCC=C5)=N4)=C3)C=CCC2)=C1. The lowest BCUT2D eigenvalue weighted by molar-refractivity contribution is 0.196. The van der Waals surface area contributed by atoms with E-state index in [2.05, 4.69) is 114 Å². The fraction of sp³-hybridized carbons (Fsp3) is 0.480. The molecular weight excluding hydrogens is 657 g/mol. The maximum Gasteiger partial charge on any atom is 0.155 e. The largest absolute Gasteiger partial charge is 0.385 e. The van der Waals surface area contributed by atoms with Gasteiger partial charge >= 0.3 is 0 Å². The fourth-order valence-corrected chi connectivity index (χ4v) is 10.6.